The van der Waals surface area contributed by atoms with E-state index in [1.165, 1.54) is 55.6 Å². The zero-order chi connectivity index (χ0) is 44.0. The molecule has 0 bridgehead atoms. The Morgan fingerprint density at radius 2 is 0.803 bits per heavy atom. The molecule has 0 atom stereocenters. The molecule has 0 amide bonds. The molecule has 0 radical (unpaired) electrons. The van der Waals surface area contributed by atoms with E-state index in [0.29, 0.717) is 0 Å². The lowest BCUT2D eigenvalue weighted by molar-refractivity contribution is 0.660. The minimum absolute atomic E-state index is 0.144. The molecule has 1 heterocycles. The molecule has 2 nitrogen and oxygen atoms in total. The number of benzene rings is 10. The Balaban J connectivity index is 0.953. The van der Waals surface area contributed by atoms with Crippen molar-refractivity contribution in [3.8, 4) is 44.5 Å². The first-order valence-corrected chi connectivity index (χ1v) is 23.0. The smallest absolute Gasteiger partial charge is 0.143 e. The lowest BCUT2D eigenvalue weighted by Gasteiger charge is -2.35. The first-order valence-electron chi connectivity index (χ1n) is 23.0. The monoisotopic (exact) mass is 843 g/mol. The molecule has 0 unspecified atom stereocenters. The van der Waals surface area contributed by atoms with E-state index in [-0.39, 0.29) is 5.41 Å². The molecule has 0 saturated heterocycles. The highest BCUT2D eigenvalue weighted by Crippen LogP contribution is 2.58. The van der Waals surface area contributed by atoms with Crippen molar-refractivity contribution in [2.24, 2.45) is 0 Å². The van der Waals surface area contributed by atoms with Crippen LogP contribution in [0.5, 0.6) is 0 Å². The summed E-state index contributed by atoms with van der Waals surface area (Å²) in [6, 6.07) is 87.0. The molecule has 0 fully saturated rings. The molecular weight excluding hydrogens is 799 g/mol. The third-order valence-electron chi connectivity index (χ3n) is 14.6. The summed E-state index contributed by atoms with van der Waals surface area (Å²) in [7, 11) is 0. The molecule has 2 aliphatic rings. The summed E-state index contributed by atoms with van der Waals surface area (Å²) in [6.45, 7) is 4.73. The summed E-state index contributed by atoms with van der Waals surface area (Å²) in [6.07, 6.45) is 0. The average molecular weight is 844 g/mol. The minimum atomic E-state index is -0.510. The quantitative estimate of drug-likeness (QED) is 0.159. The van der Waals surface area contributed by atoms with Crippen LogP contribution in [-0.4, -0.2) is 0 Å². The molecule has 2 heteroatoms. The molecule has 13 rings (SSSR count). The largest absolute Gasteiger partial charge is 0.455 e. The number of nitrogens with zero attached hydrogens (tertiary/aromatic N) is 1. The van der Waals surface area contributed by atoms with Gasteiger partial charge in [0.2, 0.25) is 0 Å². The second-order valence-electron chi connectivity index (χ2n) is 18.4. The maximum absolute atomic E-state index is 6.41. The van der Waals surface area contributed by atoms with Gasteiger partial charge in [-0.15, -0.1) is 0 Å². The van der Waals surface area contributed by atoms with Crippen LogP contribution >= 0.6 is 0 Å². The van der Waals surface area contributed by atoms with Crippen molar-refractivity contribution in [3.63, 3.8) is 0 Å². The second-order valence-corrected chi connectivity index (χ2v) is 18.4. The Bertz CT molecular complexity index is 3620. The third kappa shape index (κ3) is 5.61. The number of furan rings is 1. The van der Waals surface area contributed by atoms with Crippen molar-refractivity contribution in [2.75, 3.05) is 4.90 Å². The molecule has 0 spiro atoms. The van der Waals surface area contributed by atoms with Gasteiger partial charge in [0.25, 0.3) is 0 Å². The first kappa shape index (κ1) is 38.3. The SMILES string of the molecule is CC1(C)c2ccccc2-c2ccc(N(c3ccc(-c4ccc(-c5cccc6c5oc5ccccc56)cc4)cc3)c3ccc4c(c3)C(c3ccccc3)(c3ccccc3)c3ccccc3-4)cc21. The lowest BCUT2D eigenvalue weighted by atomic mass is 9.67. The van der Waals surface area contributed by atoms with Gasteiger partial charge in [-0.2, -0.15) is 0 Å². The molecule has 10 aromatic carbocycles. The van der Waals surface area contributed by atoms with E-state index in [0.717, 1.165) is 61.3 Å². The van der Waals surface area contributed by atoms with Gasteiger partial charge < -0.3 is 9.32 Å². The number of para-hydroxylation sites is 2. The fraction of sp³-hybridized carbons (Fsp3) is 0.0625. The summed E-state index contributed by atoms with van der Waals surface area (Å²) >= 11 is 0. The highest BCUT2D eigenvalue weighted by molar-refractivity contribution is 6.09. The molecule has 2 aliphatic carbocycles. The van der Waals surface area contributed by atoms with Gasteiger partial charge in [0.15, 0.2) is 0 Å². The van der Waals surface area contributed by atoms with Crippen LogP contribution in [0.2, 0.25) is 0 Å². The lowest BCUT2D eigenvalue weighted by Crippen LogP contribution is -2.28. The number of hydrogen-bond donors (Lipinski definition) is 0. The van der Waals surface area contributed by atoms with E-state index in [1.807, 2.05) is 12.1 Å². The molecule has 0 aliphatic heterocycles. The van der Waals surface area contributed by atoms with E-state index in [2.05, 4.69) is 243 Å². The van der Waals surface area contributed by atoms with Gasteiger partial charge in [0.05, 0.1) is 5.41 Å². The molecule has 1 aromatic heterocycles. The fourth-order valence-corrected chi connectivity index (χ4v) is 11.5. The summed E-state index contributed by atoms with van der Waals surface area (Å²) in [5, 5.41) is 2.29. The van der Waals surface area contributed by atoms with Gasteiger partial charge >= 0.3 is 0 Å². The van der Waals surface area contributed by atoms with Crippen LogP contribution in [0.1, 0.15) is 47.2 Å². The predicted molar refractivity (Wildman–Crippen MR) is 274 cm³/mol. The van der Waals surface area contributed by atoms with Crippen molar-refractivity contribution < 1.29 is 4.42 Å². The van der Waals surface area contributed by atoms with Crippen LogP contribution in [0.25, 0.3) is 66.4 Å². The van der Waals surface area contributed by atoms with Gasteiger partial charge in [0.1, 0.15) is 11.2 Å². The molecule has 0 saturated carbocycles. The average Bonchev–Trinajstić information content (AvgIpc) is 3.98. The van der Waals surface area contributed by atoms with E-state index >= 15 is 0 Å². The highest BCUT2D eigenvalue weighted by Gasteiger charge is 2.46. The molecule has 66 heavy (non-hydrogen) atoms. The fourth-order valence-electron chi connectivity index (χ4n) is 11.5. The van der Waals surface area contributed by atoms with Gasteiger partial charge in [-0.1, -0.05) is 208 Å². The van der Waals surface area contributed by atoms with Gasteiger partial charge in [0, 0.05) is 38.8 Å². The van der Waals surface area contributed by atoms with E-state index in [4.69, 9.17) is 4.42 Å². The van der Waals surface area contributed by atoms with Crippen LogP contribution in [0.15, 0.2) is 241 Å². The number of hydrogen-bond acceptors (Lipinski definition) is 2. The Morgan fingerprint density at radius 1 is 0.333 bits per heavy atom. The van der Waals surface area contributed by atoms with Crippen molar-refractivity contribution in [3.05, 3.63) is 270 Å². The Morgan fingerprint density at radius 3 is 1.48 bits per heavy atom. The Labute approximate surface area is 385 Å². The molecule has 11 aromatic rings. The van der Waals surface area contributed by atoms with Crippen molar-refractivity contribution in [1.29, 1.82) is 0 Å². The molecule has 0 N–H and O–H groups in total. The number of anilines is 3. The normalized spacial score (nSPS) is 13.8. The summed E-state index contributed by atoms with van der Waals surface area (Å²) < 4.78 is 6.41. The van der Waals surface area contributed by atoms with Crippen molar-refractivity contribution in [2.45, 2.75) is 24.7 Å². The number of fused-ring (bicyclic) bond motifs is 9. The van der Waals surface area contributed by atoms with Crippen molar-refractivity contribution >= 4 is 39.0 Å². The molecular formula is C64H45NO. The number of rotatable bonds is 7. The minimum Gasteiger partial charge on any atom is -0.455 e. The Kier molecular flexibility index (Phi) is 8.51. The Hall–Kier alpha value is -8.20. The van der Waals surface area contributed by atoms with Gasteiger partial charge in [-0.3, -0.25) is 0 Å². The van der Waals surface area contributed by atoms with Crippen LogP contribution in [-0.2, 0) is 10.8 Å². The van der Waals surface area contributed by atoms with Crippen LogP contribution in [0.4, 0.5) is 17.1 Å². The van der Waals surface area contributed by atoms with Crippen LogP contribution in [0.3, 0.4) is 0 Å². The second kappa shape index (κ2) is 14.7. The maximum Gasteiger partial charge on any atom is 0.143 e. The standard InChI is InChI=1S/C64H45NO/c1-63(2)57-25-12-9-20-51(57)53-38-36-48(40-59(53)63)65(47-34-32-43(33-35-47)42-28-30-44(31-29-42)50-23-15-24-56-55-22-11-14-27-61(55)66-62(50)56)49-37-39-54-52-21-10-13-26-58(52)64(60(54)41-49,45-16-5-3-6-17-45)46-18-7-4-8-19-46/h3-41H,1-2H3. The van der Waals surface area contributed by atoms with Gasteiger partial charge in [-0.05, 0) is 115 Å². The van der Waals surface area contributed by atoms with Crippen LogP contribution < -0.4 is 4.90 Å². The molecule has 312 valence electrons. The predicted octanol–water partition coefficient (Wildman–Crippen LogP) is 17.1. The van der Waals surface area contributed by atoms with Gasteiger partial charge in [-0.25, -0.2) is 0 Å². The highest BCUT2D eigenvalue weighted by atomic mass is 16.3. The maximum atomic E-state index is 6.41. The van der Waals surface area contributed by atoms with Crippen LogP contribution in [0, 0.1) is 0 Å². The van der Waals surface area contributed by atoms with E-state index in [9.17, 15) is 0 Å². The van der Waals surface area contributed by atoms with E-state index in [1.54, 1.807) is 0 Å². The summed E-state index contributed by atoms with van der Waals surface area (Å²) in [5.74, 6) is 0. The summed E-state index contributed by atoms with van der Waals surface area (Å²) in [5.41, 5.74) is 22.1. The van der Waals surface area contributed by atoms with Crippen molar-refractivity contribution in [1.82, 2.24) is 0 Å². The third-order valence-corrected chi connectivity index (χ3v) is 14.6. The topological polar surface area (TPSA) is 16.4 Å². The summed E-state index contributed by atoms with van der Waals surface area (Å²) in [4.78, 5) is 2.46. The van der Waals surface area contributed by atoms with E-state index < -0.39 is 5.41 Å². The first-order chi connectivity index (χ1) is 32.5. The zero-order valence-electron chi connectivity index (χ0n) is 36.9. The zero-order valence-corrected chi connectivity index (χ0v) is 36.9.